The number of nitrogens with zero attached hydrogens (tertiary/aromatic N) is 1. The van der Waals surface area contributed by atoms with Crippen LogP contribution in [0.2, 0.25) is 0 Å². The van der Waals surface area contributed by atoms with Crippen LogP contribution in [0.5, 0.6) is 0 Å². The molecule has 0 spiro atoms. The average Bonchev–Trinajstić information content (AvgIpc) is 3.36. The number of carbonyl (C=O) groups is 1. The van der Waals surface area contributed by atoms with Crippen LogP contribution < -0.4 is 5.32 Å². The van der Waals surface area contributed by atoms with Gasteiger partial charge in [0.15, 0.2) is 0 Å². The van der Waals surface area contributed by atoms with E-state index in [9.17, 15) is 13.6 Å². The molecule has 0 radical (unpaired) electrons. The summed E-state index contributed by atoms with van der Waals surface area (Å²) in [5, 5.41) is 2.97. The molecule has 5 heteroatoms. The molecule has 0 bridgehead atoms. The van der Waals surface area contributed by atoms with Crippen molar-refractivity contribution in [1.29, 1.82) is 0 Å². The summed E-state index contributed by atoms with van der Waals surface area (Å²) in [6.45, 7) is 1.47. The third-order valence-electron chi connectivity index (χ3n) is 5.45. The van der Waals surface area contributed by atoms with Gasteiger partial charge in [0.1, 0.15) is 11.6 Å². The molecule has 2 unspecified atom stereocenters. The van der Waals surface area contributed by atoms with Gasteiger partial charge in [0, 0.05) is 31.1 Å². The van der Waals surface area contributed by atoms with Crippen LogP contribution in [-0.4, -0.2) is 37.0 Å². The minimum atomic E-state index is -0.580. The third kappa shape index (κ3) is 4.12. The molecule has 1 aromatic carbocycles. The average molecular weight is 336 g/mol. The summed E-state index contributed by atoms with van der Waals surface area (Å²) in [5.74, 6) is -1.43. The maximum atomic E-state index is 13.8. The first-order valence-corrected chi connectivity index (χ1v) is 8.99. The van der Waals surface area contributed by atoms with Gasteiger partial charge >= 0.3 is 0 Å². The van der Waals surface area contributed by atoms with E-state index in [1.165, 1.54) is 44.2 Å². The maximum Gasteiger partial charge on any atom is 0.223 e. The molecule has 3 nitrogen and oxygen atoms in total. The topological polar surface area (TPSA) is 32.3 Å². The van der Waals surface area contributed by atoms with Crippen molar-refractivity contribution in [3.8, 4) is 0 Å². The lowest BCUT2D eigenvalue weighted by molar-refractivity contribution is -0.122. The van der Waals surface area contributed by atoms with Crippen molar-refractivity contribution in [2.45, 2.75) is 50.5 Å². The van der Waals surface area contributed by atoms with Crippen molar-refractivity contribution in [3.05, 3.63) is 35.4 Å². The Kier molecular flexibility index (Phi) is 5.49. The zero-order valence-corrected chi connectivity index (χ0v) is 14.2. The summed E-state index contributed by atoms with van der Waals surface area (Å²) < 4.78 is 26.7. The van der Waals surface area contributed by atoms with Crippen molar-refractivity contribution >= 4 is 5.91 Å². The standard InChI is InChI=1S/C19H26F2N2O/c1-23(14-5-3-2-4-6-14)10-9-22-19(24)17-12-16(17)15-8-7-13(20)11-18(15)21/h7-8,11,14,16-17H,2-6,9-10,12H2,1H3,(H,22,24). The molecule has 0 saturated heterocycles. The van der Waals surface area contributed by atoms with Crippen molar-refractivity contribution < 1.29 is 13.6 Å². The second kappa shape index (κ2) is 7.60. The van der Waals surface area contributed by atoms with E-state index in [1.54, 1.807) is 0 Å². The van der Waals surface area contributed by atoms with Crippen LogP contribution in [0.4, 0.5) is 8.78 Å². The van der Waals surface area contributed by atoms with Crippen molar-refractivity contribution in [1.82, 2.24) is 10.2 Å². The molecule has 2 aliphatic carbocycles. The van der Waals surface area contributed by atoms with E-state index >= 15 is 0 Å². The quantitative estimate of drug-likeness (QED) is 0.863. The number of amides is 1. The Morgan fingerprint density at radius 2 is 2.00 bits per heavy atom. The molecule has 2 saturated carbocycles. The fourth-order valence-corrected chi connectivity index (χ4v) is 3.82. The molecular formula is C19H26F2N2O. The van der Waals surface area contributed by atoms with Crippen LogP contribution in [0.25, 0.3) is 0 Å². The van der Waals surface area contributed by atoms with E-state index in [2.05, 4.69) is 17.3 Å². The van der Waals surface area contributed by atoms with Crippen molar-refractivity contribution in [3.63, 3.8) is 0 Å². The highest BCUT2D eigenvalue weighted by molar-refractivity contribution is 5.82. The number of benzene rings is 1. The summed E-state index contributed by atoms with van der Waals surface area (Å²) in [6.07, 6.45) is 7.08. The van der Waals surface area contributed by atoms with Crippen molar-refractivity contribution in [2.24, 2.45) is 5.92 Å². The second-order valence-corrected chi connectivity index (χ2v) is 7.18. The predicted octanol–water partition coefficient (Wildman–Crippen LogP) is 3.45. The second-order valence-electron chi connectivity index (χ2n) is 7.18. The molecule has 2 fully saturated rings. The lowest BCUT2D eigenvalue weighted by Gasteiger charge is -2.31. The monoisotopic (exact) mass is 336 g/mol. The lowest BCUT2D eigenvalue weighted by Crippen LogP contribution is -2.39. The van der Waals surface area contributed by atoms with E-state index in [0.29, 0.717) is 24.6 Å². The number of halogens is 2. The SMILES string of the molecule is CN(CCNC(=O)C1CC1c1ccc(F)cc1F)C1CCCCC1. The van der Waals surface area contributed by atoms with Crippen molar-refractivity contribution in [2.75, 3.05) is 20.1 Å². The predicted molar refractivity (Wildman–Crippen MR) is 89.7 cm³/mol. The summed E-state index contributed by atoms with van der Waals surface area (Å²) in [7, 11) is 2.12. The highest BCUT2D eigenvalue weighted by atomic mass is 19.1. The van der Waals surface area contributed by atoms with Gasteiger partial charge in [-0.1, -0.05) is 25.3 Å². The zero-order valence-electron chi connectivity index (χ0n) is 14.2. The van der Waals surface area contributed by atoms with Gasteiger partial charge in [-0.2, -0.15) is 0 Å². The van der Waals surface area contributed by atoms with Gasteiger partial charge in [0.25, 0.3) is 0 Å². The first-order chi connectivity index (χ1) is 11.6. The Labute approximate surface area is 142 Å². The first-order valence-electron chi connectivity index (χ1n) is 8.99. The maximum absolute atomic E-state index is 13.8. The van der Waals surface area contributed by atoms with Gasteiger partial charge in [0.2, 0.25) is 5.91 Å². The first kappa shape index (κ1) is 17.3. The van der Waals surface area contributed by atoms with E-state index in [1.807, 2.05) is 0 Å². The Balaban J connectivity index is 1.42. The number of likely N-dealkylation sites (N-methyl/N-ethyl adjacent to an activating group) is 1. The number of nitrogens with one attached hydrogen (secondary N) is 1. The van der Waals surface area contributed by atoms with Gasteiger partial charge < -0.3 is 10.2 Å². The Bertz CT molecular complexity index is 587. The molecule has 1 aromatic rings. The van der Waals surface area contributed by atoms with Crippen LogP contribution in [0.1, 0.15) is 50.0 Å². The van der Waals surface area contributed by atoms with Gasteiger partial charge in [-0.05, 0) is 43.9 Å². The summed E-state index contributed by atoms with van der Waals surface area (Å²) in [4.78, 5) is 14.5. The van der Waals surface area contributed by atoms with Crippen LogP contribution in [-0.2, 0) is 4.79 Å². The Hall–Kier alpha value is -1.49. The fraction of sp³-hybridized carbons (Fsp3) is 0.632. The molecule has 2 aliphatic rings. The lowest BCUT2D eigenvalue weighted by atomic mass is 9.94. The number of hydrogen-bond donors (Lipinski definition) is 1. The minimum Gasteiger partial charge on any atom is -0.355 e. The minimum absolute atomic E-state index is 0.0132. The van der Waals surface area contributed by atoms with E-state index in [4.69, 9.17) is 0 Å². The molecule has 3 rings (SSSR count). The summed E-state index contributed by atoms with van der Waals surface area (Å²) in [6, 6.07) is 4.24. The molecule has 1 amide bonds. The van der Waals surface area contributed by atoms with E-state index < -0.39 is 11.6 Å². The molecule has 0 aromatic heterocycles. The zero-order chi connectivity index (χ0) is 17.1. The largest absolute Gasteiger partial charge is 0.355 e. The van der Waals surface area contributed by atoms with Gasteiger partial charge in [0.05, 0.1) is 0 Å². The number of hydrogen-bond acceptors (Lipinski definition) is 2. The highest BCUT2D eigenvalue weighted by Gasteiger charge is 2.45. The summed E-state index contributed by atoms with van der Waals surface area (Å²) in [5.41, 5.74) is 0.455. The van der Waals surface area contributed by atoms with Crippen LogP contribution >= 0.6 is 0 Å². The molecule has 132 valence electrons. The molecule has 1 N–H and O–H groups in total. The van der Waals surface area contributed by atoms with Crippen LogP contribution in [0.15, 0.2) is 18.2 Å². The van der Waals surface area contributed by atoms with Crippen LogP contribution in [0.3, 0.4) is 0 Å². The molecular weight excluding hydrogens is 310 g/mol. The van der Waals surface area contributed by atoms with Gasteiger partial charge in [-0.3, -0.25) is 4.79 Å². The van der Waals surface area contributed by atoms with Crippen LogP contribution in [0, 0.1) is 17.6 Å². The normalized spacial score (nSPS) is 24.2. The number of carbonyl (C=O) groups excluding carboxylic acids is 1. The Morgan fingerprint density at radius 1 is 1.25 bits per heavy atom. The third-order valence-corrected chi connectivity index (χ3v) is 5.45. The Morgan fingerprint density at radius 3 is 2.71 bits per heavy atom. The molecule has 0 heterocycles. The smallest absolute Gasteiger partial charge is 0.223 e. The van der Waals surface area contributed by atoms with Gasteiger partial charge in [-0.25, -0.2) is 8.78 Å². The van der Waals surface area contributed by atoms with Gasteiger partial charge in [-0.15, -0.1) is 0 Å². The molecule has 0 aliphatic heterocycles. The van der Waals surface area contributed by atoms with E-state index in [-0.39, 0.29) is 17.7 Å². The fourth-order valence-electron chi connectivity index (χ4n) is 3.82. The molecule has 24 heavy (non-hydrogen) atoms. The number of rotatable bonds is 6. The van der Waals surface area contributed by atoms with E-state index in [0.717, 1.165) is 12.6 Å². The highest BCUT2D eigenvalue weighted by Crippen LogP contribution is 2.48. The molecule has 2 atom stereocenters. The summed E-state index contributed by atoms with van der Waals surface area (Å²) >= 11 is 0.